The molecule has 0 aliphatic rings. The van der Waals surface area contributed by atoms with Gasteiger partial charge in [-0.1, -0.05) is 40.5 Å². The standard InChI is InChI=1S/C12H27N/c1-5-8-12(11(4)7-3)10-13-9-6-2/h11-13H,5-10H2,1-4H3. The first-order valence-corrected chi connectivity index (χ1v) is 5.96. The van der Waals surface area contributed by atoms with Gasteiger partial charge >= 0.3 is 0 Å². The molecule has 0 radical (unpaired) electrons. The summed E-state index contributed by atoms with van der Waals surface area (Å²) >= 11 is 0. The summed E-state index contributed by atoms with van der Waals surface area (Å²) in [6, 6.07) is 0. The van der Waals surface area contributed by atoms with E-state index in [1.807, 2.05) is 0 Å². The summed E-state index contributed by atoms with van der Waals surface area (Å²) in [6.45, 7) is 11.6. The van der Waals surface area contributed by atoms with E-state index in [1.165, 1.54) is 38.8 Å². The molecule has 0 aliphatic carbocycles. The zero-order valence-electron chi connectivity index (χ0n) is 9.90. The Kier molecular flexibility index (Phi) is 8.53. The first-order valence-electron chi connectivity index (χ1n) is 5.96. The highest BCUT2D eigenvalue weighted by molar-refractivity contribution is 4.67. The molecule has 0 heterocycles. The van der Waals surface area contributed by atoms with E-state index in [1.54, 1.807) is 0 Å². The summed E-state index contributed by atoms with van der Waals surface area (Å²) < 4.78 is 0. The van der Waals surface area contributed by atoms with Crippen molar-refractivity contribution in [1.82, 2.24) is 5.32 Å². The summed E-state index contributed by atoms with van der Waals surface area (Å²) in [7, 11) is 0. The van der Waals surface area contributed by atoms with E-state index in [0.717, 1.165) is 11.8 Å². The van der Waals surface area contributed by atoms with Gasteiger partial charge in [-0.3, -0.25) is 0 Å². The van der Waals surface area contributed by atoms with Crippen LogP contribution in [0.4, 0.5) is 0 Å². The van der Waals surface area contributed by atoms with Gasteiger partial charge in [-0.25, -0.2) is 0 Å². The van der Waals surface area contributed by atoms with Crippen molar-refractivity contribution in [3.63, 3.8) is 0 Å². The van der Waals surface area contributed by atoms with Crippen LogP contribution >= 0.6 is 0 Å². The van der Waals surface area contributed by atoms with Crippen LogP contribution in [-0.2, 0) is 0 Å². The Bertz CT molecular complexity index is 101. The highest BCUT2D eigenvalue weighted by Crippen LogP contribution is 2.19. The highest BCUT2D eigenvalue weighted by Gasteiger charge is 2.13. The molecule has 0 bridgehead atoms. The molecule has 2 unspecified atom stereocenters. The summed E-state index contributed by atoms with van der Waals surface area (Å²) in [5, 5.41) is 3.54. The van der Waals surface area contributed by atoms with Gasteiger partial charge in [-0.05, 0) is 37.8 Å². The van der Waals surface area contributed by atoms with E-state index in [9.17, 15) is 0 Å². The number of rotatable bonds is 8. The second-order valence-corrected chi connectivity index (χ2v) is 4.14. The Morgan fingerprint density at radius 2 is 1.77 bits per heavy atom. The minimum absolute atomic E-state index is 0.879. The summed E-state index contributed by atoms with van der Waals surface area (Å²) in [4.78, 5) is 0. The molecule has 0 amide bonds. The predicted octanol–water partition coefficient (Wildman–Crippen LogP) is 3.45. The Morgan fingerprint density at radius 3 is 2.23 bits per heavy atom. The predicted molar refractivity (Wildman–Crippen MR) is 61.0 cm³/mol. The summed E-state index contributed by atoms with van der Waals surface area (Å²) in [5.41, 5.74) is 0. The smallest absolute Gasteiger partial charge is 0.00180 e. The molecule has 0 saturated carbocycles. The maximum absolute atomic E-state index is 3.54. The molecule has 1 heteroatoms. The Balaban J connectivity index is 3.65. The molecule has 0 aromatic heterocycles. The lowest BCUT2D eigenvalue weighted by atomic mass is 9.88. The molecule has 0 fully saturated rings. The second kappa shape index (κ2) is 8.55. The zero-order valence-corrected chi connectivity index (χ0v) is 9.90. The van der Waals surface area contributed by atoms with Crippen LogP contribution in [0.5, 0.6) is 0 Å². The molecule has 1 N–H and O–H groups in total. The van der Waals surface area contributed by atoms with Gasteiger partial charge in [0.25, 0.3) is 0 Å². The molecule has 0 aliphatic heterocycles. The first-order chi connectivity index (χ1) is 6.26. The quantitative estimate of drug-likeness (QED) is 0.571. The zero-order chi connectivity index (χ0) is 10.1. The molecule has 2 atom stereocenters. The van der Waals surface area contributed by atoms with E-state index in [0.29, 0.717) is 0 Å². The monoisotopic (exact) mass is 185 g/mol. The van der Waals surface area contributed by atoms with Gasteiger partial charge in [0, 0.05) is 0 Å². The molecule has 0 rings (SSSR count). The SMILES string of the molecule is CCCNCC(CCC)C(C)CC. The van der Waals surface area contributed by atoms with Gasteiger partial charge in [-0.2, -0.15) is 0 Å². The average Bonchev–Trinajstić information content (AvgIpc) is 2.16. The van der Waals surface area contributed by atoms with Crippen LogP contribution in [0.3, 0.4) is 0 Å². The van der Waals surface area contributed by atoms with Crippen molar-refractivity contribution in [1.29, 1.82) is 0 Å². The van der Waals surface area contributed by atoms with Crippen molar-refractivity contribution in [2.45, 2.75) is 53.4 Å². The van der Waals surface area contributed by atoms with Crippen LogP contribution in [0.2, 0.25) is 0 Å². The van der Waals surface area contributed by atoms with E-state index >= 15 is 0 Å². The lowest BCUT2D eigenvalue weighted by molar-refractivity contribution is 0.310. The van der Waals surface area contributed by atoms with Crippen molar-refractivity contribution in [2.75, 3.05) is 13.1 Å². The molecule has 1 nitrogen and oxygen atoms in total. The molecule has 0 aromatic carbocycles. The van der Waals surface area contributed by atoms with Crippen LogP contribution < -0.4 is 5.32 Å². The number of hydrogen-bond donors (Lipinski definition) is 1. The first kappa shape index (κ1) is 13.0. The van der Waals surface area contributed by atoms with Gasteiger partial charge in [0.15, 0.2) is 0 Å². The van der Waals surface area contributed by atoms with Crippen LogP contribution in [-0.4, -0.2) is 13.1 Å². The van der Waals surface area contributed by atoms with Crippen molar-refractivity contribution < 1.29 is 0 Å². The fourth-order valence-electron chi connectivity index (χ4n) is 1.76. The van der Waals surface area contributed by atoms with E-state index in [4.69, 9.17) is 0 Å². The second-order valence-electron chi connectivity index (χ2n) is 4.14. The molecule has 13 heavy (non-hydrogen) atoms. The van der Waals surface area contributed by atoms with Gasteiger partial charge < -0.3 is 5.32 Å². The van der Waals surface area contributed by atoms with Gasteiger partial charge in [0.1, 0.15) is 0 Å². The van der Waals surface area contributed by atoms with E-state index < -0.39 is 0 Å². The van der Waals surface area contributed by atoms with Crippen LogP contribution in [0.15, 0.2) is 0 Å². The lowest BCUT2D eigenvalue weighted by Gasteiger charge is -2.22. The third kappa shape index (κ3) is 6.09. The van der Waals surface area contributed by atoms with Crippen molar-refractivity contribution in [3.05, 3.63) is 0 Å². The van der Waals surface area contributed by atoms with Crippen molar-refractivity contribution >= 4 is 0 Å². The topological polar surface area (TPSA) is 12.0 Å². The summed E-state index contributed by atoms with van der Waals surface area (Å²) in [6.07, 6.45) is 5.27. The maximum atomic E-state index is 3.54. The van der Waals surface area contributed by atoms with Crippen LogP contribution in [0, 0.1) is 11.8 Å². The van der Waals surface area contributed by atoms with Gasteiger partial charge in [0.05, 0.1) is 0 Å². The molecule has 80 valence electrons. The average molecular weight is 185 g/mol. The fourth-order valence-corrected chi connectivity index (χ4v) is 1.76. The van der Waals surface area contributed by atoms with Gasteiger partial charge in [0.2, 0.25) is 0 Å². The third-order valence-electron chi connectivity index (χ3n) is 2.94. The third-order valence-corrected chi connectivity index (χ3v) is 2.94. The highest BCUT2D eigenvalue weighted by atomic mass is 14.9. The minimum atomic E-state index is 0.879. The Morgan fingerprint density at radius 1 is 1.08 bits per heavy atom. The largest absolute Gasteiger partial charge is 0.316 e. The molecule has 0 saturated heterocycles. The molecular formula is C12H27N. The van der Waals surface area contributed by atoms with E-state index in [-0.39, 0.29) is 0 Å². The lowest BCUT2D eigenvalue weighted by Crippen LogP contribution is -2.27. The Labute approximate surface area is 84.3 Å². The van der Waals surface area contributed by atoms with Crippen LogP contribution in [0.25, 0.3) is 0 Å². The molecular weight excluding hydrogens is 158 g/mol. The minimum Gasteiger partial charge on any atom is -0.316 e. The number of hydrogen-bond acceptors (Lipinski definition) is 1. The van der Waals surface area contributed by atoms with Gasteiger partial charge in [-0.15, -0.1) is 0 Å². The number of nitrogens with one attached hydrogen (secondary N) is 1. The Hall–Kier alpha value is -0.0400. The van der Waals surface area contributed by atoms with Crippen molar-refractivity contribution in [3.8, 4) is 0 Å². The maximum Gasteiger partial charge on any atom is -0.00180 e. The normalized spacial score (nSPS) is 15.7. The molecule has 0 aromatic rings. The van der Waals surface area contributed by atoms with E-state index in [2.05, 4.69) is 33.0 Å². The fraction of sp³-hybridized carbons (Fsp3) is 1.00. The van der Waals surface area contributed by atoms with Crippen LogP contribution in [0.1, 0.15) is 53.4 Å². The molecule has 0 spiro atoms. The van der Waals surface area contributed by atoms with Crippen molar-refractivity contribution in [2.24, 2.45) is 11.8 Å². The summed E-state index contributed by atoms with van der Waals surface area (Å²) in [5.74, 6) is 1.77.